The van der Waals surface area contributed by atoms with Gasteiger partial charge < -0.3 is 9.88 Å². The first-order valence-corrected chi connectivity index (χ1v) is 9.07. The average molecular weight is 370 g/mol. The topological polar surface area (TPSA) is 59.8 Å². The molecule has 0 saturated heterocycles. The fraction of sp³-hybridized carbons (Fsp3) is 0.211. The SMILES string of the molecule is Cc1nnc(S[C@H](C)C(=O)Nc2ccc(F)cc2)n1Cc1ccccc1. The van der Waals surface area contributed by atoms with Crippen LogP contribution in [0.15, 0.2) is 59.8 Å². The van der Waals surface area contributed by atoms with Gasteiger partial charge in [-0.2, -0.15) is 0 Å². The van der Waals surface area contributed by atoms with Crippen molar-refractivity contribution in [2.75, 3.05) is 5.32 Å². The summed E-state index contributed by atoms with van der Waals surface area (Å²) in [6.45, 7) is 4.35. The van der Waals surface area contributed by atoms with Gasteiger partial charge >= 0.3 is 0 Å². The van der Waals surface area contributed by atoms with Crippen molar-refractivity contribution >= 4 is 23.4 Å². The first kappa shape index (κ1) is 18.1. The van der Waals surface area contributed by atoms with Gasteiger partial charge in [0, 0.05) is 5.69 Å². The van der Waals surface area contributed by atoms with Gasteiger partial charge in [-0.3, -0.25) is 4.79 Å². The summed E-state index contributed by atoms with van der Waals surface area (Å²) in [6.07, 6.45) is 0. The van der Waals surface area contributed by atoms with Crippen LogP contribution in [-0.4, -0.2) is 25.9 Å². The van der Waals surface area contributed by atoms with Crippen LogP contribution in [0.4, 0.5) is 10.1 Å². The second-order valence-corrected chi connectivity index (χ2v) is 7.17. The average Bonchev–Trinajstić information content (AvgIpc) is 2.98. The number of carbonyl (C=O) groups excluding carboxylic acids is 1. The number of aryl methyl sites for hydroxylation is 1. The summed E-state index contributed by atoms with van der Waals surface area (Å²) in [5.74, 6) is 0.283. The number of halogens is 1. The molecule has 7 heteroatoms. The third-order valence-corrected chi connectivity index (χ3v) is 4.93. The fourth-order valence-corrected chi connectivity index (χ4v) is 3.28. The minimum atomic E-state index is -0.377. The molecule has 0 bridgehead atoms. The van der Waals surface area contributed by atoms with E-state index in [1.54, 1.807) is 6.92 Å². The normalized spacial score (nSPS) is 12.0. The molecule has 3 aromatic rings. The summed E-state index contributed by atoms with van der Waals surface area (Å²) < 4.78 is 14.9. The Morgan fingerprint density at radius 2 is 1.85 bits per heavy atom. The lowest BCUT2D eigenvalue weighted by Gasteiger charge is -2.13. The maximum absolute atomic E-state index is 13.0. The summed E-state index contributed by atoms with van der Waals surface area (Å²) in [4.78, 5) is 12.4. The van der Waals surface area contributed by atoms with Crippen molar-refractivity contribution in [2.24, 2.45) is 0 Å². The Hall–Kier alpha value is -2.67. The van der Waals surface area contributed by atoms with E-state index in [9.17, 15) is 9.18 Å². The fourth-order valence-electron chi connectivity index (χ4n) is 2.39. The third kappa shape index (κ3) is 4.49. The summed E-state index contributed by atoms with van der Waals surface area (Å²) in [5, 5.41) is 11.4. The van der Waals surface area contributed by atoms with Gasteiger partial charge in [0.05, 0.1) is 11.8 Å². The Bertz CT molecular complexity index is 880. The summed E-state index contributed by atoms with van der Waals surface area (Å²) in [7, 11) is 0. The molecule has 3 rings (SSSR count). The van der Waals surface area contributed by atoms with Crippen LogP contribution in [0.25, 0.3) is 0 Å². The standard InChI is InChI=1S/C19H19FN4OS/c1-13(18(25)21-17-10-8-16(20)9-11-17)26-19-23-22-14(2)24(19)12-15-6-4-3-5-7-15/h3-11,13H,12H2,1-2H3,(H,21,25)/t13-/m1/s1. The highest BCUT2D eigenvalue weighted by molar-refractivity contribution is 8.00. The smallest absolute Gasteiger partial charge is 0.237 e. The molecule has 5 nitrogen and oxygen atoms in total. The van der Waals surface area contributed by atoms with E-state index in [0.29, 0.717) is 17.4 Å². The molecule has 0 unspecified atom stereocenters. The Kier molecular flexibility index (Phi) is 5.68. The van der Waals surface area contributed by atoms with Crippen molar-refractivity contribution in [3.63, 3.8) is 0 Å². The highest BCUT2D eigenvalue weighted by Gasteiger charge is 2.19. The van der Waals surface area contributed by atoms with Gasteiger partial charge in [0.25, 0.3) is 0 Å². The van der Waals surface area contributed by atoms with Crippen molar-refractivity contribution in [3.05, 3.63) is 71.8 Å². The largest absolute Gasteiger partial charge is 0.325 e. The maximum Gasteiger partial charge on any atom is 0.237 e. The highest BCUT2D eigenvalue weighted by atomic mass is 32.2. The molecule has 0 aliphatic heterocycles. The molecule has 1 aromatic heterocycles. The van der Waals surface area contributed by atoms with Crippen LogP contribution in [0.3, 0.4) is 0 Å². The van der Waals surface area contributed by atoms with Crippen LogP contribution in [-0.2, 0) is 11.3 Å². The van der Waals surface area contributed by atoms with Crippen molar-refractivity contribution in [1.29, 1.82) is 0 Å². The minimum absolute atomic E-state index is 0.173. The van der Waals surface area contributed by atoms with E-state index >= 15 is 0 Å². The van der Waals surface area contributed by atoms with Gasteiger partial charge in [-0.15, -0.1) is 10.2 Å². The molecule has 2 aromatic carbocycles. The quantitative estimate of drug-likeness (QED) is 0.669. The van der Waals surface area contributed by atoms with Crippen LogP contribution in [0.2, 0.25) is 0 Å². The predicted molar refractivity (Wildman–Crippen MR) is 101 cm³/mol. The third-order valence-electron chi connectivity index (χ3n) is 3.85. The van der Waals surface area contributed by atoms with Crippen LogP contribution in [0.1, 0.15) is 18.3 Å². The zero-order chi connectivity index (χ0) is 18.5. The lowest BCUT2D eigenvalue weighted by Crippen LogP contribution is -2.23. The van der Waals surface area contributed by atoms with Crippen molar-refractivity contribution in [1.82, 2.24) is 14.8 Å². The monoisotopic (exact) mass is 370 g/mol. The number of nitrogens with zero attached hydrogens (tertiary/aromatic N) is 3. The van der Waals surface area contributed by atoms with E-state index in [2.05, 4.69) is 15.5 Å². The van der Waals surface area contributed by atoms with Crippen LogP contribution in [0, 0.1) is 12.7 Å². The molecule has 26 heavy (non-hydrogen) atoms. The zero-order valence-corrected chi connectivity index (χ0v) is 15.3. The van der Waals surface area contributed by atoms with Crippen molar-refractivity contribution in [3.8, 4) is 0 Å². The number of rotatable bonds is 6. The van der Waals surface area contributed by atoms with Crippen LogP contribution < -0.4 is 5.32 Å². The first-order chi connectivity index (χ1) is 12.5. The molecule has 1 heterocycles. The maximum atomic E-state index is 13.0. The second-order valence-electron chi connectivity index (χ2n) is 5.86. The molecule has 0 aliphatic rings. The summed E-state index contributed by atoms with van der Waals surface area (Å²) in [6, 6.07) is 15.7. The molecule has 1 amide bonds. The van der Waals surface area contributed by atoms with Crippen molar-refractivity contribution in [2.45, 2.75) is 30.8 Å². The van der Waals surface area contributed by atoms with E-state index in [1.807, 2.05) is 41.8 Å². The first-order valence-electron chi connectivity index (χ1n) is 8.20. The molecule has 0 radical (unpaired) electrons. The van der Waals surface area contributed by atoms with E-state index in [0.717, 1.165) is 11.4 Å². The molecular weight excluding hydrogens is 351 g/mol. The zero-order valence-electron chi connectivity index (χ0n) is 14.5. The molecule has 0 spiro atoms. The second kappa shape index (κ2) is 8.14. The molecule has 1 atom stereocenters. The van der Waals surface area contributed by atoms with Gasteiger partial charge in [-0.25, -0.2) is 4.39 Å². The summed E-state index contributed by atoms with van der Waals surface area (Å²) >= 11 is 1.34. The number of hydrogen-bond acceptors (Lipinski definition) is 4. The van der Waals surface area contributed by atoms with Gasteiger partial charge in [0.1, 0.15) is 11.6 Å². The number of aromatic nitrogens is 3. The van der Waals surface area contributed by atoms with Crippen molar-refractivity contribution < 1.29 is 9.18 Å². The van der Waals surface area contributed by atoms with E-state index in [1.165, 1.54) is 36.0 Å². The molecule has 0 fully saturated rings. The lowest BCUT2D eigenvalue weighted by atomic mass is 10.2. The van der Waals surface area contributed by atoms with Gasteiger partial charge in [0.15, 0.2) is 5.16 Å². The number of anilines is 1. The lowest BCUT2D eigenvalue weighted by molar-refractivity contribution is -0.115. The Morgan fingerprint density at radius 3 is 2.54 bits per heavy atom. The number of nitrogens with one attached hydrogen (secondary N) is 1. The predicted octanol–water partition coefficient (Wildman–Crippen LogP) is 3.89. The number of benzene rings is 2. The van der Waals surface area contributed by atoms with Crippen LogP contribution >= 0.6 is 11.8 Å². The minimum Gasteiger partial charge on any atom is -0.325 e. The molecule has 0 saturated carbocycles. The molecule has 0 aliphatic carbocycles. The number of thioether (sulfide) groups is 1. The number of amides is 1. The summed E-state index contributed by atoms with van der Waals surface area (Å²) in [5.41, 5.74) is 1.70. The number of hydrogen-bond donors (Lipinski definition) is 1. The van der Waals surface area contributed by atoms with E-state index < -0.39 is 0 Å². The van der Waals surface area contributed by atoms with Gasteiger partial charge in [-0.1, -0.05) is 42.1 Å². The van der Waals surface area contributed by atoms with E-state index in [-0.39, 0.29) is 17.0 Å². The Morgan fingerprint density at radius 1 is 1.15 bits per heavy atom. The molecule has 134 valence electrons. The van der Waals surface area contributed by atoms with Crippen LogP contribution in [0.5, 0.6) is 0 Å². The molecular formula is C19H19FN4OS. The van der Waals surface area contributed by atoms with Gasteiger partial charge in [0.2, 0.25) is 5.91 Å². The number of carbonyl (C=O) groups is 1. The Labute approximate surface area is 155 Å². The van der Waals surface area contributed by atoms with E-state index in [4.69, 9.17) is 0 Å². The van der Waals surface area contributed by atoms with Gasteiger partial charge in [-0.05, 0) is 43.7 Å². The highest BCUT2D eigenvalue weighted by Crippen LogP contribution is 2.24. The molecule has 1 N–H and O–H groups in total. The Balaban J connectivity index is 1.68.